The third-order valence-corrected chi connectivity index (χ3v) is 7.59. The van der Waals surface area contributed by atoms with Crippen molar-refractivity contribution < 1.29 is 18.7 Å². The molecule has 2 aromatic carbocycles. The molecule has 0 bridgehead atoms. The topological polar surface area (TPSA) is 59.0 Å². The van der Waals surface area contributed by atoms with Crippen LogP contribution in [0.3, 0.4) is 0 Å². The summed E-state index contributed by atoms with van der Waals surface area (Å²) in [4.78, 5) is 2.24. The fraction of sp³-hybridized carbons (Fsp3) is 0.478. The molecule has 2 rings (SSSR count). The summed E-state index contributed by atoms with van der Waals surface area (Å²) >= 11 is 0. The maximum absolute atomic E-state index is 13.1. The lowest BCUT2D eigenvalue weighted by atomic mass is 10.0. The molecule has 0 heterocycles. The lowest BCUT2D eigenvalue weighted by Gasteiger charge is -2.33. The molecular weight excluding hydrogens is 385 g/mol. The Morgan fingerprint density at radius 2 is 1.52 bits per heavy atom. The van der Waals surface area contributed by atoms with Crippen LogP contribution < -0.4 is 0 Å². The van der Waals surface area contributed by atoms with E-state index in [9.17, 15) is 9.67 Å². The van der Waals surface area contributed by atoms with Crippen molar-refractivity contribution >= 4 is 7.60 Å². The molecule has 0 aliphatic carbocycles. The van der Waals surface area contributed by atoms with Crippen LogP contribution >= 0.6 is 7.60 Å². The number of hydrogen-bond donors (Lipinski definition) is 1. The van der Waals surface area contributed by atoms with E-state index in [0.717, 1.165) is 5.56 Å². The second-order valence-corrected chi connectivity index (χ2v) is 9.56. The van der Waals surface area contributed by atoms with Crippen LogP contribution in [0.5, 0.6) is 0 Å². The minimum absolute atomic E-state index is 0.0137. The summed E-state index contributed by atoms with van der Waals surface area (Å²) in [5.74, 6) is 0. The highest BCUT2D eigenvalue weighted by Crippen LogP contribution is 2.54. The minimum atomic E-state index is -3.15. The van der Waals surface area contributed by atoms with Crippen LogP contribution in [0.15, 0.2) is 60.7 Å². The molecule has 0 fully saturated rings. The van der Waals surface area contributed by atoms with Crippen LogP contribution in [0.2, 0.25) is 0 Å². The van der Waals surface area contributed by atoms with Crippen LogP contribution in [0.25, 0.3) is 0 Å². The molecular formula is C23H34NO4P. The van der Waals surface area contributed by atoms with Crippen LogP contribution in [0.1, 0.15) is 44.4 Å². The van der Waals surface area contributed by atoms with Gasteiger partial charge in [0.15, 0.2) is 0 Å². The number of aliphatic hydroxyl groups excluding tert-OH is 1. The first-order chi connectivity index (χ1) is 14.0. The molecule has 0 aromatic heterocycles. The molecule has 0 unspecified atom stereocenters. The van der Waals surface area contributed by atoms with Gasteiger partial charge in [0, 0.05) is 13.1 Å². The van der Waals surface area contributed by atoms with Crippen LogP contribution in [0.4, 0.5) is 0 Å². The normalized spacial score (nSPS) is 14.1. The maximum atomic E-state index is 13.1. The standard InChI is InChI=1S/C23H34NO4P/c1-4-27-29(26,28-5-2)20(3)16-17-24(18-21-12-8-6-9-13-21)23(19-25)22-14-10-7-11-15-22/h6-15,20,23,25H,4-5,16-19H2,1-3H3/t20-,23+/m1/s1. The number of hydrogen-bond acceptors (Lipinski definition) is 5. The minimum Gasteiger partial charge on any atom is -0.394 e. The van der Waals surface area contributed by atoms with Crippen molar-refractivity contribution in [3.8, 4) is 0 Å². The zero-order chi connectivity index (χ0) is 21.1. The zero-order valence-corrected chi connectivity index (χ0v) is 18.6. The van der Waals surface area contributed by atoms with Gasteiger partial charge in [0.1, 0.15) is 0 Å². The Kier molecular flexibility index (Phi) is 10.1. The molecule has 1 N–H and O–H groups in total. The van der Waals surface area contributed by atoms with E-state index in [1.54, 1.807) is 0 Å². The van der Waals surface area contributed by atoms with Crippen molar-refractivity contribution in [3.05, 3.63) is 71.8 Å². The van der Waals surface area contributed by atoms with Crippen molar-refractivity contribution in [1.29, 1.82) is 0 Å². The Bertz CT molecular complexity index is 731. The lowest BCUT2D eigenvalue weighted by molar-refractivity contribution is 0.113. The quantitative estimate of drug-likeness (QED) is 0.449. The van der Waals surface area contributed by atoms with E-state index in [4.69, 9.17) is 9.05 Å². The van der Waals surface area contributed by atoms with Gasteiger partial charge in [-0.3, -0.25) is 9.46 Å². The molecule has 29 heavy (non-hydrogen) atoms. The third-order valence-electron chi connectivity index (χ3n) is 5.02. The molecule has 2 aromatic rings. The molecule has 5 nitrogen and oxygen atoms in total. The highest BCUT2D eigenvalue weighted by atomic mass is 31.2. The summed E-state index contributed by atoms with van der Waals surface area (Å²) in [6.45, 7) is 7.68. The van der Waals surface area contributed by atoms with Crippen LogP contribution in [-0.4, -0.2) is 42.0 Å². The number of aliphatic hydroxyl groups is 1. The third kappa shape index (κ3) is 7.06. The molecule has 0 spiro atoms. The number of rotatable bonds is 13. The van der Waals surface area contributed by atoms with Gasteiger partial charge < -0.3 is 14.2 Å². The van der Waals surface area contributed by atoms with Crippen LogP contribution in [0, 0.1) is 0 Å². The van der Waals surface area contributed by atoms with E-state index in [1.807, 2.05) is 69.3 Å². The molecule has 0 aliphatic rings. The van der Waals surface area contributed by atoms with E-state index < -0.39 is 7.60 Å². The van der Waals surface area contributed by atoms with Gasteiger partial charge in [-0.15, -0.1) is 0 Å². The first-order valence-electron chi connectivity index (χ1n) is 10.4. The second kappa shape index (κ2) is 12.3. The van der Waals surface area contributed by atoms with Crippen molar-refractivity contribution in [2.75, 3.05) is 26.4 Å². The average Bonchev–Trinajstić information content (AvgIpc) is 2.74. The highest BCUT2D eigenvalue weighted by molar-refractivity contribution is 7.54. The van der Waals surface area contributed by atoms with Crippen molar-refractivity contribution in [3.63, 3.8) is 0 Å². The van der Waals surface area contributed by atoms with Gasteiger partial charge in [0.25, 0.3) is 0 Å². The van der Waals surface area contributed by atoms with Gasteiger partial charge in [-0.25, -0.2) is 0 Å². The average molecular weight is 420 g/mol. The predicted molar refractivity (Wildman–Crippen MR) is 118 cm³/mol. The van der Waals surface area contributed by atoms with E-state index >= 15 is 0 Å². The van der Waals surface area contributed by atoms with Crippen LogP contribution in [-0.2, 0) is 20.2 Å². The van der Waals surface area contributed by atoms with E-state index in [2.05, 4.69) is 17.0 Å². The first kappa shape index (κ1) is 23.8. The first-order valence-corrected chi connectivity index (χ1v) is 12.0. The molecule has 0 saturated heterocycles. The Labute approximate surface area is 175 Å². The Morgan fingerprint density at radius 1 is 0.966 bits per heavy atom. The largest absolute Gasteiger partial charge is 0.394 e. The molecule has 0 radical (unpaired) electrons. The van der Waals surface area contributed by atoms with E-state index in [1.165, 1.54) is 5.56 Å². The van der Waals surface area contributed by atoms with E-state index in [0.29, 0.717) is 32.7 Å². The number of nitrogens with zero attached hydrogens (tertiary/aromatic N) is 1. The van der Waals surface area contributed by atoms with Gasteiger partial charge in [0.2, 0.25) is 0 Å². The molecule has 0 saturated carbocycles. The van der Waals surface area contributed by atoms with Crippen molar-refractivity contribution in [2.24, 2.45) is 0 Å². The van der Waals surface area contributed by atoms with Gasteiger partial charge in [-0.2, -0.15) is 0 Å². The fourth-order valence-electron chi connectivity index (χ4n) is 3.43. The van der Waals surface area contributed by atoms with E-state index in [-0.39, 0.29) is 18.3 Å². The van der Waals surface area contributed by atoms with Gasteiger partial charge >= 0.3 is 7.60 Å². The summed E-state index contributed by atoms with van der Waals surface area (Å²) in [7, 11) is -3.15. The summed E-state index contributed by atoms with van der Waals surface area (Å²) in [5.41, 5.74) is 2.01. The fourth-order valence-corrected chi connectivity index (χ4v) is 5.17. The van der Waals surface area contributed by atoms with Gasteiger partial charge in [-0.05, 0) is 31.4 Å². The SMILES string of the molecule is CCOP(=O)(OCC)[C@H](C)CCN(Cc1ccccc1)[C@@H](CO)c1ccccc1. The van der Waals surface area contributed by atoms with Crippen molar-refractivity contribution in [2.45, 2.75) is 45.4 Å². The maximum Gasteiger partial charge on any atom is 0.333 e. The smallest absolute Gasteiger partial charge is 0.333 e. The zero-order valence-electron chi connectivity index (χ0n) is 17.7. The lowest BCUT2D eigenvalue weighted by Crippen LogP contribution is -2.33. The molecule has 0 aliphatic heterocycles. The molecule has 6 heteroatoms. The highest BCUT2D eigenvalue weighted by Gasteiger charge is 2.32. The van der Waals surface area contributed by atoms with Gasteiger partial charge in [-0.1, -0.05) is 67.6 Å². The Morgan fingerprint density at radius 3 is 2.03 bits per heavy atom. The predicted octanol–water partition coefficient (Wildman–Crippen LogP) is 5.27. The Balaban J connectivity index is 2.19. The Hall–Kier alpha value is -1.49. The summed E-state index contributed by atoms with van der Waals surface area (Å²) < 4.78 is 24.1. The summed E-state index contributed by atoms with van der Waals surface area (Å²) in [6.07, 6.45) is 0.646. The monoisotopic (exact) mass is 419 g/mol. The second-order valence-electron chi connectivity index (χ2n) is 7.08. The van der Waals surface area contributed by atoms with Gasteiger partial charge in [0.05, 0.1) is 31.5 Å². The van der Waals surface area contributed by atoms with Crippen molar-refractivity contribution in [1.82, 2.24) is 4.90 Å². The summed E-state index contributed by atoms with van der Waals surface area (Å²) in [5, 5.41) is 10.2. The molecule has 160 valence electrons. The molecule has 2 atom stereocenters. The molecule has 0 amide bonds. The summed E-state index contributed by atoms with van der Waals surface area (Å²) in [6, 6.07) is 20.1. The number of benzene rings is 2.